The van der Waals surface area contributed by atoms with Crippen LogP contribution in [0.25, 0.3) is 0 Å². The van der Waals surface area contributed by atoms with Gasteiger partial charge in [-0.2, -0.15) is 0 Å². The lowest BCUT2D eigenvalue weighted by atomic mass is 9.95. The number of nitrogens with one attached hydrogen (secondary N) is 1. The van der Waals surface area contributed by atoms with Crippen molar-refractivity contribution in [3.8, 4) is 0 Å². The van der Waals surface area contributed by atoms with Gasteiger partial charge in [0.2, 0.25) is 0 Å². The Labute approximate surface area is 122 Å². The molecule has 1 N–H and O–H groups in total. The molecule has 1 heterocycles. The van der Waals surface area contributed by atoms with E-state index in [9.17, 15) is 0 Å². The van der Waals surface area contributed by atoms with Gasteiger partial charge in [-0.1, -0.05) is 13.3 Å². The second-order valence-electron chi connectivity index (χ2n) is 6.38. The maximum atomic E-state index is 4.96. The molecule has 1 aromatic heterocycles. The number of aryl methyl sites for hydroxylation is 1. The van der Waals surface area contributed by atoms with Crippen LogP contribution in [0.5, 0.6) is 0 Å². The molecular formula is C17H27N3. The summed E-state index contributed by atoms with van der Waals surface area (Å²) in [5.74, 6) is 3.75. The summed E-state index contributed by atoms with van der Waals surface area (Å²) >= 11 is 0. The Kier molecular flexibility index (Phi) is 4.23. The Morgan fingerprint density at radius 2 is 1.95 bits per heavy atom. The maximum absolute atomic E-state index is 4.96. The van der Waals surface area contributed by atoms with Crippen molar-refractivity contribution in [1.29, 1.82) is 0 Å². The quantitative estimate of drug-likeness (QED) is 0.898. The van der Waals surface area contributed by atoms with Crippen LogP contribution < -0.4 is 5.32 Å². The lowest BCUT2D eigenvalue weighted by Gasteiger charge is -2.21. The van der Waals surface area contributed by atoms with Crippen LogP contribution in [0.1, 0.15) is 75.4 Å². The molecule has 0 aliphatic heterocycles. The number of nitrogens with zero attached hydrogens (tertiary/aromatic N) is 2. The molecule has 20 heavy (non-hydrogen) atoms. The topological polar surface area (TPSA) is 37.8 Å². The van der Waals surface area contributed by atoms with E-state index in [-0.39, 0.29) is 0 Å². The van der Waals surface area contributed by atoms with Crippen molar-refractivity contribution in [3.63, 3.8) is 0 Å². The molecule has 0 amide bonds. The molecule has 2 unspecified atom stereocenters. The van der Waals surface area contributed by atoms with Gasteiger partial charge in [0.1, 0.15) is 11.6 Å². The fourth-order valence-electron chi connectivity index (χ4n) is 3.79. The Bertz CT molecular complexity index is 470. The first-order valence-corrected chi connectivity index (χ1v) is 8.45. The summed E-state index contributed by atoms with van der Waals surface area (Å²) in [6.45, 7) is 5.41. The highest BCUT2D eigenvalue weighted by Crippen LogP contribution is 2.39. The van der Waals surface area contributed by atoms with Gasteiger partial charge in [0.25, 0.3) is 0 Å². The molecule has 2 atom stereocenters. The van der Waals surface area contributed by atoms with Crippen LogP contribution in [0, 0.1) is 5.92 Å². The third-order valence-corrected chi connectivity index (χ3v) is 5.03. The van der Waals surface area contributed by atoms with Crippen molar-refractivity contribution in [1.82, 2.24) is 9.97 Å². The van der Waals surface area contributed by atoms with Gasteiger partial charge in [-0.15, -0.1) is 0 Å². The van der Waals surface area contributed by atoms with Gasteiger partial charge in [0, 0.05) is 23.7 Å². The Hall–Kier alpha value is -1.12. The molecular weight excluding hydrogens is 246 g/mol. The van der Waals surface area contributed by atoms with Crippen molar-refractivity contribution in [2.45, 2.75) is 71.1 Å². The number of hydrogen-bond acceptors (Lipinski definition) is 3. The standard InChI is InChI=1S/C17H27N3/c1-3-12-9-10-13(11-12)16-19-15-8-6-5-7-14(15)17(20-16)18-4-2/h12-13H,3-11H2,1-2H3,(H,18,19,20). The minimum Gasteiger partial charge on any atom is -0.370 e. The van der Waals surface area contributed by atoms with E-state index in [2.05, 4.69) is 19.2 Å². The minimum atomic E-state index is 0.601. The largest absolute Gasteiger partial charge is 0.370 e. The predicted octanol–water partition coefficient (Wildman–Crippen LogP) is 4.08. The van der Waals surface area contributed by atoms with Crippen molar-refractivity contribution in [3.05, 3.63) is 17.1 Å². The zero-order valence-corrected chi connectivity index (χ0v) is 12.9. The van der Waals surface area contributed by atoms with Gasteiger partial charge in [-0.3, -0.25) is 0 Å². The summed E-state index contributed by atoms with van der Waals surface area (Å²) in [6, 6.07) is 0. The summed E-state index contributed by atoms with van der Waals surface area (Å²) in [5, 5.41) is 3.47. The van der Waals surface area contributed by atoms with Crippen LogP contribution in [0.15, 0.2) is 0 Å². The van der Waals surface area contributed by atoms with Crippen LogP contribution >= 0.6 is 0 Å². The second-order valence-corrected chi connectivity index (χ2v) is 6.38. The summed E-state index contributed by atoms with van der Waals surface area (Å²) < 4.78 is 0. The molecule has 0 saturated heterocycles. The van der Waals surface area contributed by atoms with Gasteiger partial charge in [0.05, 0.1) is 0 Å². The monoisotopic (exact) mass is 273 g/mol. The van der Waals surface area contributed by atoms with E-state index in [1.54, 1.807) is 0 Å². The average Bonchev–Trinajstić information content (AvgIpc) is 2.96. The molecule has 1 fully saturated rings. The summed E-state index contributed by atoms with van der Waals surface area (Å²) in [5.41, 5.74) is 2.73. The Morgan fingerprint density at radius 1 is 1.10 bits per heavy atom. The van der Waals surface area contributed by atoms with E-state index in [0.29, 0.717) is 5.92 Å². The van der Waals surface area contributed by atoms with Gasteiger partial charge < -0.3 is 5.32 Å². The molecule has 0 aromatic carbocycles. The highest BCUT2D eigenvalue weighted by atomic mass is 15.0. The smallest absolute Gasteiger partial charge is 0.134 e. The second kappa shape index (κ2) is 6.11. The zero-order chi connectivity index (χ0) is 13.9. The Morgan fingerprint density at radius 3 is 2.70 bits per heavy atom. The number of hydrogen-bond donors (Lipinski definition) is 1. The van der Waals surface area contributed by atoms with Crippen LogP contribution in [0.4, 0.5) is 5.82 Å². The fourth-order valence-corrected chi connectivity index (χ4v) is 3.79. The predicted molar refractivity (Wildman–Crippen MR) is 83.2 cm³/mol. The van der Waals surface area contributed by atoms with Crippen molar-refractivity contribution >= 4 is 5.82 Å². The third kappa shape index (κ3) is 2.68. The van der Waals surface area contributed by atoms with Crippen LogP contribution in [-0.4, -0.2) is 16.5 Å². The first-order valence-electron chi connectivity index (χ1n) is 8.45. The highest BCUT2D eigenvalue weighted by molar-refractivity contribution is 5.48. The third-order valence-electron chi connectivity index (χ3n) is 5.03. The molecule has 2 aliphatic carbocycles. The number of aromatic nitrogens is 2. The summed E-state index contributed by atoms with van der Waals surface area (Å²) in [6.07, 6.45) is 10.1. The molecule has 3 rings (SSSR count). The molecule has 110 valence electrons. The summed E-state index contributed by atoms with van der Waals surface area (Å²) in [7, 11) is 0. The number of fused-ring (bicyclic) bond motifs is 1. The number of anilines is 1. The lowest BCUT2D eigenvalue weighted by molar-refractivity contribution is 0.515. The summed E-state index contributed by atoms with van der Waals surface area (Å²) in [4.78, 5) is 9.86. The van der Waals surface area contributed by atoms with E-state index < -0.39 is 0 Å². The van der Waals surface area contributed by atoms with E-state index >= 15 is 0 Å². The fraction of sp³-hybridized carbons (Fsp3) is 0.765. The first kappa shape index (κ1) is 13.8. The van der Waals surface area contributed by atoms with E-state index in [0.717, 1.165) is 36.9 Å². The van der Waals surface area contributed by atoms with Gasteiger partial charge >= 0.3 is 0 Å². The van der Waals surface area contributed by atoms with Crippen molar-refractivity contribution in [2.24, 2.45) is 5.92 Å². The minimum absolute atomic E-state index is 0.601. The van der Waals surface area contributed by atoms with Gasteiger partial charge in [-0.05, 0) is 57.8 Å². The molecule has 2 aliphatic rings. The molecule has 0 radical (unpaired) electrons. The van der Waals surface area contributed by atoms with Crippen molar-refractivity contribution < 1.29 is 0 Å². The molecule has 1 saturated carbocycles. The molecule has 3 heteroatoms. The molecule has 0 spiro atoms. The van der Waals surface area contributed by atoms with Gasteiger partial charge in [-0.25, -0.2) is 9.97 Å². The van der Waals surface area contributed by atoms with Crippen molar-refractivity contribution in [2.75, 3.05) is 11.9 Å². The highest BCUT2D eigenvalue weighted by Gasteiger charge is 2.28. The first-order chi connectivity index (χ1) is 9.81. The normalized spacial score (nSPS) is 25.5. The molecule has 3 nitrogen and oxygen atoms in total. The van der Waals surface area contributed by atoms with Crippen LogP contribution in [0.3, 0.4) is 0 Å². The van der Waals surface area contributed by atoms with E-state index in [1.807, 2.05) is 0 Å². The van der Waals surface area contributed by atoms with Gasteiger partial charge in [0.15, 0.2) is 0 Å². The molecule has 1 aromatic rings. The van der Waals surface area contributed by atoms with Crippen LogP contribution in [0.2, 0.25) is 0 Å². The number of rotatable bonds is 4. The van der Waals surface area contributed by atoms with Crippen LogP contribution in [-0.2, 0) is 12.8 Å². The zero-order valence-electron chi connectivity index (χ0n) is 12.9. The maximum Gasteiger partial charge on any atom is 0.134 e. The average molecular weight is 273 g/mol. The lowest BCUT2D eigenvalue weighted by Crippen LogP contribution is -2.16. The molecule has 0 bridgehead atoms. The SMILES string of the molecule is CCNc1nc(C2CCC(CC)C2)nc2c1CCCC2. The Balaban J connectivity index is 1.89. The van der Waals surface area contributed by atoms with E-state index in [4.69, 9.17) is 9.97 Å². The van der Waals surface area contributed by atoms with E-state index in [1.165, 1.54) is 49.8 Å².